The van der Waals surface area contributed by atoms with E-state index in [9.17, 15) is 0 Å². The highest BCUT2D eigenvalue weighted by Gasteiger charge is 2.02. The summed E-state index contributed by atoms with van der Waals surface area (Å²) in [5.74, 6) is 0.618. The maximum atomic E-state index is 3.43. The number of benzene rings is 1. The first-order chi connectivity index (χ1) is 6.34. The van der Waals surface area contributed by atoms with Crippen molar-refractivity contribution in [3.63, 3.8) is 0 Å². The van der Waals surface area contributed by atoms with E-state index in [0.717, 1.165) is 13.1 Å². The monoisotopic (exact) mass is 213 g/mol. The summed E-state index contributed by atoms with van der Waals surface area (Å²) in [6, 6.07) is 10.7. The van der Waals surface area contributed by atoms with Gasteiger partial charge in [-0.3, -0.25) is 0 Å². The highest BCUT2D eigenvalue weighted by atomic mass is 35.5. The van der Waals surface area contributed by atoms with Crippen molar-refractivity contribution >= 4 is 12.4 Å². The second-order valence-corrected chi connectivity index (χ2v) is 3.52. The van der Waals surface area contributed by atoms with Crippen LogP contribution in [0.2, 0.25) is 0 Å². The molecule has 0 aliphatic heterocycles. The van der Waals surface area contributed by atoms with Gasteiger partial charge in [0, 0.05) is 6.54 Å². The molecule has 0 aliphatic carbocycles. The van der Waals surface area contributed by atoms with E-state index in [0.29, 0.717) is 5.92 Å². The van der Waals surface area contributed by atoms with Crippen molar-refractivity contribution in [2.45, 2.75) is 26.2 Å². The first-order valence-corrected chi connectivity index (χ1v) is 5.10. The number of nitrogens with one attached hydrogen (secondary N) is 1. The van der Waals surface area contributed by atoms with Gasteiger partial charge in [-0.1, -0.05) is 44.2 Å². The van der Waals surface area contributed by atoms with Gasteiger partial charge in [0.15, 0.2) is 0 Å². The van der Waals surface area contributed by atoms with Gasteiger partial charge < -0.3 is 5.32 Å². The van der Waals surface area contributed by atoms with E-state index in [1.807, 2.05) is 0 Å². The van der Waals surface area contributed by atoms with Crippen LogP contribution >= 0.6 is 12.4 Å². The summed E-state index contributed by atoms with van der Waals surface area (Å²) in [5, 5.41) is 3.43. The summed E-state index contributed by atoms with van der Waals surface area (Å²) >= 11 is 0. The third-order valence-corrected chi connectivity index (χ3v) is 2.25. The molecule has 0 aromatic heterocycles. The Balaban J connectivity index is 0.00000169. The highest BCUT2D eigenvalue weighted by molar-refractivity contribution is 5.85. The molecule has 0 aliphatic rings. The maximum absolute atomic E-state index is 3.43. The van der Waals surface area contributed by atoms with Gasteiger partial charge in [0.1, 0.15) is 0 Å². The van der Waals surface area contributed by atoms with Gasteiger partial charge in [-0.05, 0) is 24.4 Å². The lowest BCUT2D eigenvalue weighted by Crippen LogP contribution is -2.20. The summed E-state index contributed by atoms with van der Waals surface area (Å²) in [7, 11) is 0. The Hall–Kier alpha value is -0.530. The van der Waals surface area contributed by atoms with Gasteiger partial charge in [-0.2, -0.15) is 0 Å². The molecule has 1 atom stereocenters. The molecule has 2 heteroatoms. The molecule has 1 nitrogen and oxygen atoms in total. The van der Waals surface area contributed by atoms with E-state index >= 15 is 0 Å². The minimum absolute atomic E-state index is 0. The van der Waals surface area contributed by atoms with Crippen LogP contribution in [0, 0.1) is 0 Å². The van der Waals surface area contributed by atoms with Gasteiger partial charge in [0.05, 0.1) is 0 Å². The number of hydrogen-bond acceptors (Lipinski definition) is 1. The van der Waals surface area contributed by atoms with E-state index < -0.39 is 0 Å². The molecule has 0 radical (unpaired) electrons. The standard InChI is InChI=1S/C12H19N.ClH/c1-3-9-13-10-11(2)12-7-5-4-6-8-12;/h4-8,11,13H,3,9-10H2,1-2H3;1H. The molecule has 0 amide bonds. The fourth-order valence-corrected chi connectivity index (χ4v) is 1.39. The topological polar surface area (TPSA) is 12.0 Å². The minimum atomic E-state index is 0. The van der Waals surface area contributed by atoms with Crippen LogP contribution in [0.3, 0.4) is 0 Å². The average Bonchev–Trinajstić information content (AvgIpc) is 2.19. The van der Waals surface area contributed by atoms with Crippen molar-refractivity contribution in [2.24, 2.45) is 0 Å². The van der Waals surface area contributed by atoms with Crippen molar-refractivity contribution in [2.75, 3.05) is 13.1 Å². The number of hydrogen-bond donors (Lipinski definition) is 1. The van der Waals surface area contributed by atoms with E-state index in [-0.39, 0.29) is 12.4 Å². The van der Waals surface area contributed by atoms with Crippen molar-refractivity contribution in [3.05, 3.63) is 35.9 Å². The van der Waals surface area contributed by atoms with E-state index in [1.54, 1.807) is 0 Å². The van der Waals surface area contributed by atoms with Crippen LogP contribution in [0.25, 0.3) is 0 Å². The Morgan fingerprint density at radius 3 is 2.43 bits per heavy atom. The second kappa shape index (κ2) is 7.84. The van der Waals surface area contributed by atoms with E-state index in [4.69, 9.17) is 0 Å². The predicted octanol–water partition coefficient (Wildman–Crippen LogP) is 3.21. The Labute approximate surface area is 93.3 Å². The van der Waals surface area contributed by atoms with Gasteiger partial charge in [0.25, 0.3) is 0 Å². The lowest BCUT2D eigenvalue weighted by molar-refractivity contribution is 0.609. The summed E-state index contributed by atoms with van der Waals surface area (Å²) < 4.78 is 0. The first-order valence-electron chi connectivity index (χ1n) is 5.10. The van der Waals surface area contributed by atoms with Gasteiger partial charge in [-0.15, -0.1) is 12.4 Å². The molecule has 1 rings (SSSR count). The molecule has 0 saturated heterocycles. The zero-order valence-electron chi connectivity index (χ0n) is 8.99. The smallest absolute Gasteiger partial charge is 0.00174 e. The fourth-order valence-electron chi connectivity index (χ4n) is 1.39. The van der Waals surface area contributed by atoms with Crippen molar-refractivity contribution < 1.29 is 0 Å². The summed E-state index contributed by atoms with van der Waals surface area (Å²) in [6.45, 7) is 6.66. The molecule has 1 aromatic rings. The van der Waals surface area contributed by atoms with Crippen LogP contribution in [0.4, 0.5) is 0 Å². The molecule has 1 aromatic carbocycles. The number of halogens is 1. The SMILES string of the molecule is CCCNCC(C)c1ccccc1.Cl. The molecule has 0 spiro atoms. The highest BCUT2D eigenvalue weighted by Crippen LogP contribution is 2.12. The molecule has 1 unspecified atom stereocenters. The van der Waals surface area contributed by atoms with Gasteiger partial charge in [-0.25, -0.2) is 0 Å². The van der Waals surface area contributed by atoms with Crippen molar-refractivity contribution in [3.8, 4) is 0 Å². The molecule has 80 valence electrons. The van der Waals surface area contributed by atoms with Crippen LogP contribution in [0.15, 0.2) is 30.3 Å². The van der Waals surface area contributed by atoms with Crippen LogP contribution in [-0.2, 0) is 0 Å². The molecular formula is C12H20ClN. The lowest BCUT2D eigenvalue weighted by Gasteiger charge is -2.12. The van der Waals surface area contributed by atoms with E-state index in [2.05, 4.69) is 49.5 Å². The molecule has 14 heavy (non-hydrogen) atoms. The van der Waals surface area contributed by atoms with Crippen LogP contribution in [-0.4, -0.2) is 13.1 Å². The number of rotatable bonds is 5. The Kier molecular flexibility index (Phi) is 7.54. The summed E-state index contributed by atoms with van der Waals surface area (Å²) in [6.07, 6.45) is 1.21. The average molecular weight is 214 g/mol. The van der Waals surface area contributed by atoms with Crippen molar-refractivity contribution in [1.29, 1.82) is 0 Å². The molecule has 0 fully saturated rings. The Morgan fingerprint density at radius 1 is 1.21 bits per heavy atom. The molecule has 0 heterocycles. The predicted molar refractivity (Wildman–Crippen MR) is 65.3 cm³/mol. The fraction of sp³-hybridized carbons (Fsp3) is 0.500. The van der Waals surface area contributed by atoms with Crippen LogP contribution < -0.4 is 5.32 Å². The summed E-state index contributed by atoms with van der Waals surface area (Å²) in [5.41, 5.74) is 1.42. The van der Waals surface area contributed by atoms with Gasteiger partial charge >= 0.3 is 0 Å². The zero-order valence-corrected chi connectivity index (χ0v) is 9.81. The lowest BCUT2D eigenvalue weighted by atomic mass is 10.0. The van der Waals surface area contributed by atoms with Crippen LogP contribution in [0.5, 0.6) is 0 Å². The largest absolute Gasteiger partial charge is 0.316 e. The molecule has 1 N–H and O–H groups in total. The second-order valence-electron chi connectivity index (χ2n) is 3.52. The first kappa shape index (κ1) is 13.5. The maximum Gasteiger partial charge on any atom is 0.00174 e. The Bertz CT molecular complexity index is 223. The van der Waals surface area contributed by atoms with Crippen molar-refractivity contribution in [1.82, 2.24) is 5.32 Å². The molecule has 0 saturated carbocycles. The summed E-state index contributed by atoms with van der Waals surface area (Å²) in [4.78, 5) is 0. The normalized spacial score (nSPS) is 11.9. The van der Waals surface area contributed by atoms with E-state index in [1.165, 1.54) is 12.0 Å². The third-order valence-electron chi connectivity index (χ3n) is 2.25. The minimum Gasteiger partial charge on any atom is -0.316 e. The molecule has 0 bridgehead atoms. The molecular weight excluding hydrogens is 194 g/mol. The van der Waals surface area contributed by atoms with Crippen LogP contribution in [0.1, 0.15) is 31.7 Å². The third kappa shape index (κ3) is 4.64. The van der Waals surface area contributed by atoms with Gasteiger partial charge in [0.2, 0.25) is 0 Å². The zero-order chi connectivity index (χ0) is 9.52. The quantitative estimate of drug-likeness (QED) is 0.741. The Morgan fingerprint density at radius 2 is 1.86 bits per heavy atom.